The Bertz CT molecular complexity index is 2010. The van der Waals surface area contributed by atoms with E-state index in [4.69, 9.17) is 21.0 Å². The van der Waals surface area contributed by atoms with Crippen molar-refractivity contribution in [3.8, 4) is 16.5 Å². The fraction of sp³-hybridized carbons (Fsp3) is 0.357. The lowest BCUT2D eigenvalue weighted by Crippen LogP contribution is -2.62. The van der Waals surface area contributed by atoms with E-state index in [1.807, 2.05) is 41.2 Å². The van der Waals surface area contributed by atoms with E-state index in [0.717, 1.165) is 28.7 Å². The van der Waals surface area contributed by atoms with Crippen LogP contribution in [0.15, 0.2) is 51.5 Å². The van der Waals surface area contributed by atoms with Gasteiger partial charge < -0.3 is 66.6 Å². The number of carbonyl (C=O) groups is 4. The smallest absolute Gasteiger partial charge is 0.429 e. The number of thioether (sulfide) groups is 1. The minimum Gasteiger partial charge on any atom is -0.548 e. The molecule has 3 atom stereocenters. The largest absolute Gasteiger partial charge is 0.548 e. The number of rotatable bonds is 19. The zero-order valence-corrected chi connectivity index (χ0v) is 32.1. The van der Waals surface area contributed by atoms with Gasteiger partial charge in [-0.15, -0.1) is 11.8 Å². The van der Waals surface area contributed by atoms with Crippen molar-refractivity contribution in [2.75, 3.05) is 24.0 Å². The number of carboxylic acid groups (broad SMARTS) is 2. The second-order valence-corrected chi connectivity index (χ2v) is 15.0. The third-order valence-corrected chi connectivity index (χ3v) is 10.1. The number of hydrogen-bond donors (Lipinski definition) is 8. The van der Waals surface area contributed by atoms with Crippen LogP contribution in [0.3, 0.4) is 0 Å². The Kier molecular flexibility index (Phi) is 14.8. The van der Waals surface area contributed by atoms with Crippen LogP contribution in [0.4, 0.5) is 5.13 Å². The number of carbonyl (C=O) groups excluding carboxylic acids is 4. The van der Waals surface area contributed by atoms with Crippen molar-refractivity contribution in [3.05, 3.63) is 47.2 Å². The van der Waals surface area contributed by atoms with E-state index in [9.17, 15) is 43.7 Å². The third-order valence-electron chi connectivity index (χ3n) is 6.93. The van der Waals surface area contributed by atoms with Crippen LogP contribution < -0.4 is 52.0 Å². The van der Waals surface area contributed by atoms with E-state index in [-0.39, 0.29) is 48.7 Å². The molecule has 23 nitrogen and oxygen atoms in total. The number of oxime groups is 1. The maximum absolute atomic E-state index is 13.8. The number of aromatic nitrogens is 4. The number of hydrogen-bond acceptors (Lipinski definition) is 18. The first-order chi connectivity index (χ1) is 26.0. The molecule has 0 aliphatic carbocycles. The van der Waals surface area contributed by atoms with Crippen molar-refractivity contribution < 1.29 is 57.9 Å². The molecule has 55 heavy (non-hydrogen) atoms. The molecule has 1 aliphatic rings. The number of anilines is 1. The molecule has 4 rings (SSSR count). The number of guanidine groups is 1. The van der Waals surface area contributed by atoms with Gasteiger partial charge in [0.05, 0.1) is 35.1 Å². The molecule has 3 aromatic rings. The molecule has 1 aliphatic heterocycles. The summed E-state index contributed by atoms with van der Waals surface area (Å²) < 4.78 is 23.0. The molecule has 0 aromatic carbocycles. The second kappa shape index (κ2) is 19.3. The standard InChI is InChI=1S/C28H35N12O11PS3/c1-3-50-37-18(20-36-27(55-39-20)38-52(47,48)49)21(41)34-19(22(42)32-14(24(43)44)5-4-8-31-26(29)30)23-35-17(25(45)46)16(12-53-23)51-28-33-15(11-54-28)13-6-9-40(2)10-7-13/h6-7,9-11,14,19,23,35H,3-5,8,12H2,1-2H3,(H10-,29,30,31,32,34,36,38,39,41,42,43,44,45,46,47,48,49)/p-1/b37-18-. The van der Waals surface area contributed by atoms with Crippen LogP contribution in [-0.2, 0) is 35.6 Å². The molecule has 0 saturated carbocycles. The van der Waals surface area contributed by atoms with Crippen molar-refractivity contribution >= 4 is 82.9 Å². The van der Waals surface area contributed by atoms with Gasteiger partial charge in [-0.3, -0.25) is 19.7 Å². The quantitative estimate of drug-likeness (QED) is 0.0143. The van der Waals surface area contributed by atoms with Crippen molar-refractivity contribution in [1.29, 1.82) is 0 Å². The van der Waals surface area contributed by atoms with Gasteiger partial charge in [0.15, 0.2) is 18.4 Å². The number of nitrogens with two attached hydrogens (primary N) is 2. The lowest BCUT2D eigenvalue weighted by Gasteiger charge is -2.34. The van der Waals surface area contributed by atoms with Crippen molar-refractivity contribution in [3.63, 3.8) is 0 Å². The first-order valence-corrected chi connectivity index (χ1v) is 20.0. The normalized spacial score (nSPS) is 15.6. The maximum atomic E-state index is 13.8. The predicted molar refractivity (Wildman–Crippen MR) is 193 cm³/mol. The summed E-state index contributed by atoms with van der Waals surface area (Å²) in [5.74, 6) is -6.74. The fourth-order valence-electron chi connectivity index (χ4n) is 4.45. The number of ether oxygens (including phenoxy) is 1. The predicted octanol–water partition coefficient (Wildman–Crippen LogP) is -3.79. The lowest BCUT2D eigenvalue weighted by molar-refractivity contribution is -0.671. The van der Waals surface area contributed by atoms with Crippen LogP contribution in [0.5, 0.6) is 5.19 Å². The minimum absolute atomic E-state index is 0.0200. The van der Waals surface area contributed by atoms with Gasteiger partial charge in [0, 0.05) is 41.2 Å². The van der Waals surface area contributed by atoms with Gasteiger partial charge in [-0.2, -0.15) is 9.36 Å². The maximum Gasteiger partial charge on any atom is 0.429 e. The molecule has 3 unspecified atom stereocenters. The molecule has 2 amide bonds. The van der Waals surface area contributed by atoms with Gasteiger partial charge in [-0.1, -0.05) is 16.5 Å². The van der Waals surface area contributed by atoms with Gasteiger partial charge in [0.2, 0.25) is 22.6 Å². The summed E-state index contributed by atoms with van der Waals surface area (Å²) in [6, 6.07) is 0.273. The molecule has 0 radical (unpaired) electrons. The zero-order valence-electron chi connectivity index (χ0n) is 28.7. The van der Waals surface area contributed by atoms with E-state index in [1.54, 1.807) is 5.38 Å². The summed E-state index contributed by atoms with van der Waals surface area (Å²) >= 11 is 2.46. The Morgan fingerprint density at radius 3 is 2.55 bits per heavy atom. The molecule has 27 heteroatoms. The van der Waals surface area contributed by atoms with Crippen LogP contribution in [0.1, 0.15) is 25.6 Å². The molecule has 0 saturated heterocycles. The molecule has 0 fully saturated rings. The number of amides is 2. The van der Waals surface area contributed by atoms with Gasteiger partial charge >= 0.3 is 7.75 Å². The molecule has 0 bridgehead atoms. The number of aliphatic carboxylic acids is 2. The van der Waals surface area contributed by atoms with E-state index >= 15 is 0 Å². The Morgan fingerprint density at radius 1 is 1.18 bits per heavy atom. The monoisotopic (exact) mass is 841 g/mol. The first-order valence-electron chi connectivity index (χ1n) is 15.7. The Hall–Kier alpha value is -5.40. The number of pyridine rings is 1. The number of nitrogens with one attached hydrogen (secondary N) is 4. The van der Waals surface area contributed by atoms with Crippen molar-refractivity contribution in [2.24, 2.45) is 28.7 Å². The van der Waals surface area contributed by atoms with Crippen molar-refractivity contribution in [1.82, 2.24) is 30.3 Å². The molecule has 0 spiro atoms. The molecule has 4 heterocycles. The highest BCUT2D eigenvalue weighted by Gasteiger charge is 2.38. The fourth-order valence-corrected chi connectivity index (χ4v) is 7.52. The summed E-state index contributed by atoms with van der Waals surface area (Å²) in [7, 11) is -2.97. The van der Waals surface area contributed by atoms with Crippen LogP contribution in [0, 0.1) is 0 Å². The molecule has 296 valence electrons. The number of carboxylic acids is 2. The van der Waals surface area contributed by atoms with Crippen LogP contribution in [0.25, 0.3) is 11.3 Å². The molecular formula is C28H34N12O11PS3-. The zero-order chi connectivity index (χ0) is 40.3. The Balaban J connectivity index is 1.64. The van der Waals surface area contributed by atoms with Crippen molar-refractivity contribution in [2.45, 2.75) is 37.2 Å². The average Bonchev–Trinajstić information content (AvgIpc) is 3.77. The third kappa shape index (κ3) is 12.6. The van der Waals surface area contributed by atoms with Gasteiger partial charge in [-0.05, 0) is 19.8 Å². The molecule has 10 N–H and O–H groups in total. The van der Waals surface area contributed by atoms with Crippen LogP contribution in [-0.4, -0.2) is 95.9 Å². The highest BCUT2D eigenvalue weighted by molar-refractivity contribution is 8.00. The van der Waals surface area contributed by atoms with Gasteiger partial charge in [-0.25, -0.2) is 14.1 Å². The van der Waals surface area contributed by atoms with E-state index in [2.05, 4.69) is 40.4 Å². The average molecular weight is 842 g/mol. The van der Waals surface area contributed by atoms with Gasteiger partial charge in [0.25, 0.3) is 11.1 Å². The highest BCUT2D eigenvalue weighted by atomic mass is 32.2. The summed E-state index contributed by atoms with van der Waals surface area (Å²) in [4.78, 5) is 87.5. The topological polar surface area (TPSA) is 358 Å². The molecular weight excluding hydrogens is 808 g/mol. The summed E-state index contributed by atoms with van der Waals surface area (Å²) in [5.41, 5.74) is 10.7. The number of aryl methyl sites for hydroxylation is 1. The van der Waals surface area contributed by atoms with Crippen LogP contribution in [0.2, 0.25) is 0 Å². The lowest BCUT2D eigenvalue weighted by atomic mass is 10.1. The Morgan fingerprint density at radius 2 is 1.91 bits per heavy atom. The van der Waals surface area contributed by atoms with E-state index in [0.29, 0.717) is 17.2 Å². The van der Waals surface area contributed by atoms with Gasteiger partial charge in [0.1, 0.15) is 30.8 Å². The summed E-state index contributed by atoms with van der Waals surface area (Å²) in [6.45, 7) is 1.49. The second-order valence-electron chi connectivity index (χ2n) is 11.0. The number of aliphatic imine (C=N–C) groups is 1. The first kappa shape index (κ1) is 42.3. The number of nitrogens with zero attached hydrogens (tertiary/aromatic N) is 6. The number of thiazole rings is 1. The van der Waals surface area contributed by atoms with Crippen LogP contribution >= 0.6 is 42.4 Å². The molecule has 3 aromatic heterocycles. The minimum atomic E-state index is -4.82. The van der Waals surface area contributed by atoms with E-state index in [1.165, 1.54) is 6.92 Å². The highest BCUT2D eigenvalue weighted by Crippen LogP contribution is 2.36. The summed E-state index contributed by atoms with van der Waals surface area (Å²) in [6.07, 6.45) is 3.53. The Labute approximate surface area is 323 Å². The van der Waals surface area contributed by atoms with E-state index < -0.39 is 71.3 Å². The summed E-state index contributed by atoms with van der Waals surface area (Å²) in [5, 5.41) is 37.3. The SMILES string of the molecule is CCO/N=C(\C(=O)NC(C(=O)NC(CCCN=C(N)N)C(=O)[O-])C1NC(C(=O)[O-])=C(Oc2nc(-c3cc[n+](C)cc3)cs2)CS1)c1nsc(NP(=O)(O)O)n1.